The zero-order valence-electron chi connectivity index (χ0n) is 11.8. The van der Waals surface area contributed by atoms with E-state index in [4.69, 9.17) is 0 Å². The molecule has 0 saturated heterocycles. The van der Waals surface area contributed by atoms with Crippen LogP contribution in [0.3, 0.4) is 0 Å². The van der Waals surface area contributed by atoms with Crippen LogP contribution in [-0.4, -0.2) is 44.3 Å². The predicted octanol–water partition coefficient (Wildman–Crippen LogP) is 2.88. The van der Waals surface area contributed by atoms with E-state index in [9.17, 15) is 4.79 Å². The number of thiophene rings is 1. The van der Waals surface area contributed by atoms with Gasteiger partial charge in [-0.3, -0.25) is 9.89 Å². The fourth-order valence-electron chi connectivity index (χ4n) is 1.82. The molecule has 108 valence electrons. The Bertz CT molecular complexity index is 548. The van der Waals surface area contributed by atoms with Crippen molar-refractivity contribution in [1.29, 1.82) is 0 Å². The minimum atomic E-state index is -0.179. The second-order valence-corrected chi connectivity index (χ2v) is 6.47. The topological polar surface area (TPSA) is 61.9 Å². The number of hydrogen-bond donors (Lipinski definition) is 1. The monoisotopic (exact) mass is 310 g/mol. The summed E-state index contributed by atoms with van der Waals surface area (Å²) < 4.78 is 0. The average molecular weight is 310 g/mol. The van der Waals surface area contributed by atoms with Gasteiger partial charge in [-0.15, -0.1) is 16.4 Å². The standard InChI is InChI=1S/C13H18N4OS2/c1-4-17(5-2)12(18)9(3)20-13-14-11(15-16-13)10-7-6-8-19-10/h6-9H,4-5H2,1-3H3,(H,14,15,16). The second-order valence-electron chi connectivity index (χ2n) is 4.21. The smallest absolute Gasteiger partial charge is 0.235 e. The molecule has 7 heteroatoms. The average Bonchev–Trinajstić information content (AvgIpc) is 3.10. The summed E-state index contributed by atoms with van der Waals surface area (Å²) in [6, 6.07) is 3.96. The summed E-state index contributed by atoms with van der Waals surface area (Å²) in [5.41, 5.74) is 0. The van der Waals surface area contributed by atoms with Crippen molar-refractivity contribution < 1.29 is 4.79 Å². The number of thioether (sulfide) groups is 1. The number of H-pyrrole nitrogens is 1. The first kappa shape index (κ1) is 15.1. The lowest BCUT2D eigenvalue weighted by Gasteiger charge is -2.21. The lowest BCUT2D eigenvalue weighted by Crippen LogP contribution is -2.36. The maximum Gasteiger partial charge on any atom is 0.235 e. The van der Waals surface area contributed by atoms with E-state index >= 15 is 0 Å². The molecule has 5 nitrogen and oxygen atoms in total. The zero-order chi connectivity index (χ0) is 14.5. The fourth-order valence-corrected chi connectivity index (χ4v) is 3.30. The van der Waals surface area contributed by atoms with Crippen LogP contribution in [-0.2, 0) is 4.79 Å². The van der Waals surface area contributed by atoms with Crippen molar-refractivity contribution in [3.05, 3.63) is 17.5 Å². The van der Waals surface area contributed by atoms with Crippen molar-refractivity contribution in [2.24, 2.45) is 0 Å². The predicted molar refractivity (Wildman–Crippen MR) is 82.9 cm³/mol. The highest BCUT2D eigenvalue weighted by Crippen LogP contribution is 2.25. The summed E-state index contributed by atoms with van der Waals surface area (Å²) in [5.74, 6) is 0.882. The highest BCUT2D eigenvalue weighted by Gasteiger charge is 2.21. The van der Waals surface area contributed by atoms with Gasteiger partial charge in [0, 0.05) is 13.1 Å². The molecular formula is C13H18N4OS2. The normalized spacial score (nSPS) is 12.3. The minimum absolute atomic E-state index is 0.127. The molecule has 1 atom stereocenters. The lowest BCUT2D eigenvalue weighted by atomic mass is 10.4. The first-order chi connectivity index (χ1) is 9.65. The fraction of sp³-hybridized carbons (Fsp3) is 0.462. The molecule has 2 aromatic rings. The zero-order valence-corrected chi connectivity index (χ0v) is 13.4. The van der Waals surface area contributed by atoms with Crippen LogP contribution in [0.4, 0.5) is 0 Å². The van der Waals surface area contributed by atoms with E-state index in [0.717, 1.165) is 23.8 Å². The molecule has 0 aliphatic rings. The quantitative estimate of drug-likeness (QED) is 0.833. The summed E-state index contributed by atoms with van der Waals surface area (Å²) in [4.78, 5) is 19.5. The number of rotatable bonds is 6. The molecule has 0 radical (unpaired) electrons. The number of carbonyl (C=O) groups excluding carboxylic acids is 1. The van der Waals surface area contributed by atoms with Gasteiger partial charge in [0.05, 0.1) is 10.1 Å². The largest absolute Gasteiger partial charge is 0.342 e. The van der Waals surface area contributed by atoms with Gasteiger partial charge in [0.2, 0.25) is 11.1 Å². The van der Waals surface area contributed by atoms with Crippen molar-refractivity contribution >= 4 is 29.0 Å². The van der Waals surface area contributed by atoms with Gasteiger partial charge in [0.15, 0.2) is 5.82 Å². The molecule has 2 aromatic heterocycles. The van der Waals surface area contributed by atoms with E-state index in [2.05, 4.69) is 15.2 Å². The lowest BCUT2D eigenvalue weighted by molar-refractivity contribution is -0.129. The third-order valence-corrected chi connectivity index (χ3v) is 4.75. The Morgan fingerprint density at radius 2 is 2.25 bits per heavy atom. The Balaban J connectivity index is 2.01. The number of nitrogens with zero attached hydrogens (tertiary/aromatic N) is 3. The molecule has 0 bridgehead atoms. The van der Waals surface area contributed by atoms with Crippen LogP contribution >= 0.6 is 23.1 Å². The Labute approximate surface area is 126 Å². The number of amides is 1. The maximum atomic E-state index is 12.2. The van der Waals surface area contributed by atoms with Gasteiger partial charge >= 0.3 is 0 Å². The van der Waals surface area contributed by atoms with Gasteiger partial charge in [0.1, 0.15) is 0 Å². The van der Waals surface area contributed by atoms with Crippen LogP contribution in [0.5, 0.6) is 0 Å². The van der Waals surface area contributed by atoms with E-state index in [1.807, 2.05) is 43.2 Å². The Morgan fingerprint density at radius 3 is 2.85 bits per heavy atom. The molecule has 0 aromatic carbocycles. The van der Waals surface area contributed by atoms with Crippen LogP contribution in [0.25, 0.3) is 10.7 Å². The number of nitrogens with one attached hydrogen (secondary N) is 1. The molecule has 0 saturated carbocycles. The van der Waals surface area contributed by atoms with Crippen molar-refractivity contribution in [2.75, 3.05) is 13.1 Å². The molecule has 1 N–H and O–H groups in total. The molecule has 0 spiro atoms. The molecular weight excluding hydrogens is 292 g/mol. The minimum Gasteiger partial charge on any atom is -0.342 e. The SMILES string of the molecule is CCN(CC)C(=O)C(C)Sc1n[nH]c(-c2cccs2)n1. The third kappa shape index (κ3) is 3.40. The van der Waals surface area contributed by atoms with E-state index in [1.54, 1.807) is 11.3 Å². The van der Waals surface area contributed by atoms with Crippen LogP contribution in [0.2, 0.25) is 0 Å². The van der Waals surface area contributed by atoms with Crippen molar-refractivity contribution in [1.82, 2.24) is 20.1 Å². The number of aromatic amines is 1. The Kier molecular flexibility index (Phi) is 5.19. The summed E-state index contributed by atoms with van der Waals surface area (Å²) in [6.45, 7) is 7.33. The van der Waals surface area contributed by atoms with E-state index in [-0.39, 0.29) is 11.2 Å². The summed E-state index contributed by atoms with van der Waals surface area (Å²) >= 11 is 3.00. The molecule has 1 unspecified atom stereocenters. The molecule has 2 rings (SSSR count). The van der Waals surface area contributed by atoms with Crippen LogP contribution in [0.15, 0.2) is 22.7 Å². The van der Waals surface area contributed by atoms with Gasteiger partial charge in [-0.1, -0.05) is 17.8 Å². The number of carbonyl (C=O) groups is 1. The summed E-state index contributed by atoms with van der Waals surface area (Å²) in [6.07, 6.45) is 0. The molecule has 0 fully saturated rings. The molecule has 2 heterocycles. The third-order valence-electron chi connectivity index (χ3n) is 2.92. The van der Waals surface area contributed by atoms with E-state index in [0.29, 0.717) is 5.16 Å². The van der Waals surface area contributed by atoms with Crippen molar-refractivity contribution in [2.45, 2.75) is 31.2 Å². The molecule has 1 amide bonds. The number of aromatic nitrogens is 3. The molecule has 0 aliphatic carbocycles. The van der Waals surface area contributed by atoms with Crippen LogP contribution in [0.1, 0.15) is 20.8 Å². The van der Waals surface area contributed by atoms with Gasteiger partial charge in [0.25, 0.3) is 0 Å². The van der Waals surface area contributed by atoms with Gasteiger partial charge in [-0.2, -0.15) is 0 Å². The number of hydrogen-bond acceptors (Lipinski definition) is 5. The Morgan fingerprint density at radius 1 is 1.50 bits per heavy atom. The first-order valence-corrected chi connectivity index (χ1v) is 8.33. The van der Waals surface area contributed by atoms with Crippen molar-refractivity contribution in [3.8, 4) is 10.7 Å². The second kappa shape index (κ2) is 6.90. The van der Waals surface area contributed by atoms with Crippen LogP contribution in [0, 0.1) is 0 Å². The van der Waals surface area contributed by atoms with Crippen LogP contribution < -0.4 is 0 Å². The highest BCUT2D eigenvalue weighted by molar-refractivity contribution is 8.00. The van der Waals surface area contributed by atoms with Gasteiger partial charge in [-0.25, -0.2) is 4.98 Å². The summed E-state index contributed by atoms with van der Waals surface area (Å²) in [5, 5.41) is 9.51. The maximum absolute atomic E-state index is 12.2. The Hall–Kier alpha value is -1.34. The van der Waals surface area contributed by atoms with Gasteiger partial charge in [-0.05, 0) is 32.2 Å². The van der Waals surface area contributed by atoms with E-state index < -0.39 is 0 Å². The molecule has 20 heavy (non-hydrogen) atoms. The van der Waals surface area contributed by atoms with Crippen molar-refractivity contribution in [3.63, 3.8) is 0 Å². The first-order valence-electron chi connectivity index (χ1n) is 6.57. The molecule has 0 aliphatic heterocycles. The van der Waals surface area contributed by atoms with Gasteiger partial charge < -0.3 is 4.90 Å². The summed E-state index contributed by atoms with van der Waals surface area (Å²) in [7, 11) is 0. The van der Waals surface area contributed by atoms with E-state index in [1.165, 1.54) is 11.8 Å². The highest BCUT2D eigenvalue weighted by atomic mass is 32.2.